The lowest BCUT2D eigenvalue weighted by atomic mass is 10.2. The molecule has 2 aromatic rings. The Bertz CT molecular complexity index is 908. The summed E-state index contributed by atoms with van der Waals surface area (Å²) < 4.78 is 32.8. The van der Waals surface area contributed by atoms with E-state index in [2.05, 4.69) is 9.71 Å². The van der Waals surface area contributed by atoms with Crippen molar-refractivity contribution in [3.8, 4) is 0 Å². The number of amides is 1. The first-order valence-corrected chi connectivity index (χ1v) is 10.6. The molecule has 0 aliphatic carbocycles. The number of aryl methyl sites for hydroxylation is 1. The molecule has 0 radical (unpaired) electrons. The molecule has 1 N–H and O–H groups in total. The topological polar surface area (TPSA) is 88.6 Å². The van der Waals surface area contributed by atoms with Crippen molar-refractivity contribution in [2.45, 2.75) is 18.2 Å². The second kappa shape index (κ2) is 7.91. The van der Waals surface area contributed by atoms with Gasteiger partial charge in [0, 0.05) is 29.2 Å². The Balaban J connectivity index is 1.68. The lowest BCUT2D eigenvalue weighted by molar-refractivity contribution is -0.134. The number of thiazole rings is 1. The van der Waals surface area contributed by atoms with Gasteiger partial charge in [-0.2, -0.15) is 0 Å². The normalized spacial score (nSPS) is 15.1. The van der Waals surface area contributed by atoms with Crippen LogP contribution in [0.2, 0.25) is 5.02 Å². The summed E-state index contributed by atoms with van der Waals surface area (Å²) in [5.41, 5.74) is 0.546. The van der Waals surface area contributed by atoms with E-state index in [4.69, 9.17) is 16.3 Å². The highest BCUT2D eigenvalue weighted by Crippen LogP contribution is 2.25. The summed E-state index contributed by atoms with van der Waals surface area (Å²) in [5.74, 6) is -0.0140. The number of anilines is 1. The molecule has 1 aliphatic rings. The molecule has 3 rings (SSSR count). The maximum Gasteiger partial charge on any atom is 0.263 e. The first-order valence-electron chi connectivity index (χ1n) is 7.94. The Morgan fingerprint density at radius 1 is 1.38 bits per heavy atom. The maximum atomic E-state index is 12.5. The van der Waals surface area contributed by atoms with Gasteiger partial charge in [-0.05, 0) is 30.7 Å². The molecule has 1 fully saturated rings. The Kier molecular flexibility index (Phi) is 5.81. The maximum absolute atomic E-state index is 12.5. The van der Waals surface area contributed by atoms with Crippen LogP contribution in [0.5, 0.6) is 0 Å². The zero-order valence-corrected chi connectivity index (χ0v) is 16.5. The van der Waals surface area contributed by atoms with Crippen LogP contribution in [0.15, 0.2) is 29.3 Å². The molecule has 7 nitrogen and oxygen atoms in total. The number of aromatic nitrogens is 1. The monoisotopic (exact) mass is 415 g/mol. The highest BCUT2D eigenvalue weighted by atomic mass is 35.5. The second-order valence-electron chi connectivity index (χ2n) is 5.82. The van der Waals surface area contributed by atoms with Gasteiger partial charge in [0.25, 0.3) is 10.0 Å². The number of ether oxygens (including phenoxy) is 1. The number of carbonyl (C=O) groups excluding carboxylic acids is 1. The van der Waals surface area contributed by atoms with Crippen molar-refractivity contribution in [3.05, 3.63) is 39.9 Å². The highest BCUT2D eigenvalue weighted by Gasteiger charge is 2.21. The molecule has 140 valence electrons. The average molecular weight is 416 g/mol. The fourth-order valence-electron chi connectivity index (χ4n) is 2.59. The Hall–Kier alpha value is -1.68. The van der Waals surface area contributed by atoms with Crippen LogP contribution in [0.4, 0.5) is 5.13 Å². The molecule has 1 saturated heterocycles. The first-order chi connectivity index (χ1) is 12.3. The molecular formula is C16H18ClN3O4S2. The van der Waals surface area contributed by atoms with E-state index in [9.17, 15) is 13.2 Å². The lowest BCUT2D eigenvalue weighted by Gasteiger charge is -2.26. The fraction of sp³-hybridized carbons (Fsp3) is 0.375. The number of hydrogen-bond donors (Lipinski definition) is 1. The molecule has 10 heteroatoms. The number of morpholine rings is 1. The van der Waals surface area contributed by atoms with E-state index in [-0.39, 0.29) is 22.4 Å². The number of sulfonamides is 1. The van der Waals surface area contributed by atoms with Gasteiger partial charge in [-0.3, -0.25) is 9.52 Å². The number of nitrogens with zero attached hydrogens (tertiary/aromatic N) is 2. The molecule has 2 heterocycles. The quantitative estimate of drug-likeness (QED) is 0.809. The van der Waals surface area contributed by atoms with Crippen LogP contribution < -0.4 is 4.72 Å². The van der Waals surface area contributed by atoms with Crippen molar-refractivity contribution < 1.29 is 17.9 Å². The van der Waals surface area contributed by atoms with Crippen molar-refractivity contribution in [1.82, 2.24) is 9.88 Å². The number of benzene rings is 1. The van der Waals surface area contributed by atoms with Gasteiger partial charge in [0.1, 0.15) is 0 Å². The summed E-state index contributed by atoms with van der Waals surface area (Å²) >= 11 is 7.02. The zero-order chi connectivity index (χ0) is 18.7. The lowest BCUT2D eigenvalue weighted by Crippen LogP contribution is -2.41. The van der Waals surface area contributed by atoms with Crippen LogP contribution in [-0.2, 0) is 26.0 Å². The van der Waals surface area contributed by atoms with Crippen LogP contribution in [0.1, 0.15) is 10.4 Å². The number of carbonyl (C=O) groups is 1. The SMILES string of the molecule is Cc1cc(Cl)ccc1S(=O)(=O)Nc1ncc(CC(=O)N2CCOCC2)s1. The molecule has 0 saturated carbocycles. The van der Waals surface area contributed by atoms with E-state index >= 15 is 0 Å². The predicted octanol–water partition coefficient (Wildman–Crippen LogP) is 2.31. The number of nitrogens with one attached hydrogen (secondary N) is 1. The van der Waals surface area contributed by atoms with Crippen molar-refractivity contribution in [1.29, 1.82) is 0 Å². The fourth-order valence-corrected chi connectivity index (χ4v) is 5.09. The van der Waals surface area contributed by atoms with Crippen LogP contribution in [0.3, 0.4) is 0 Å². The predicted molar refractivity (Wildman–Crippen MR) is 100 cm³/mol. The van der Waals surface area contributed by atoms with E-state index in [0.29, 0.717) is 41.8 Å². The summed E-state index contributed by atoms with van der Waals surface area (Å²) in [6.45, 7) is 3.91. The molecular weight excluding hydrogens is 398 g/mol. The Labute approximate surface area is 161 Å². The highest BCUT2D eigenvalue weighted by molar-refractivity contribution is 7.93. The molecule has 1 amide bonds. The summed E-state index contributed by atoms with van der Waals surface area (Å²) in [6, 6.07) is 4.57. The van der Waals surface area contributed by atoms with Crippen LogP contribution >= 0.6 is 22.9 Å². The second-order valence-corrected chi connectivity index (χ2v) is 9.02. The van der Waals surface area contributed by atoms with E-state index in [1.807, 2.05) is 0 Å². The van der Waals surface area contributed by atoms with Crippen LogP contribution in [0, 0.1) is 6.92 Å². The number of hydrogen-bond acceptors (Lipinski definition) is 6. The first kappa shape index (κ1) is 19.1. The molecule has 1 aromatic carbocycles. The summed E-state index contributed by atoms with van der Waals surface area (Å²) in [6.07, 6.45) is 1.72. The molecule has 1 aliphatic heterocycles. The average Bonchev–Trinajstić information content (AvgIpc) is 3.01. The minimum Gasteiger partial charge on any atom is -0.378 e. The molecule has 0 unspecified atom stereocenters. The Morgan fingerprint density at radius 2 is 2.12 bits per heavy atom. The van der Waals surface area contributed by atoms with Gasteiger partial charge in [0.2, 0.25) is 5.91 Å². The molecule has 0 bridgehead atoms. The van der Waals surface area contributed by atoms with Crippen molar-refractivity contribution in [3.63, 3.8) is 0 Å². The standard InChI is InChI=1S/C16H18ClN3O4S2/c1-11-8-12(17)2-3-14(11)26(22,23)19-16-18-10-13(25-16)9-15(21)20-4-6-24-7-5-20/h2-3,8,10H,4-7,9H2,1H3,(H,18,19). The van der Waals surface area contributed by atoms with E-state index in [1.165, 1.54) is 18.3 Å². The smallest absolute Gasteiger partial charge is 0.263 e. The van der Waals surface area contributed by atoms with Gasteiger partial charge in [0.15, 0.2) is 5.13 Å². The van der Waals surface area contributed by atoms with Gasteiger partial charge < -0.3 is 9.64 Å². The third-order valence-corrected chi connectivity index (χ3v) is 6.67. The largest absolute Gasteiger partial charge is 0.378 e. The number of halogens is 1. The van der Waals surface area contributed by atoms with Crippen LogP contribution in [-0.4, -0.2) is 50.5 Å². The van der Waals surface area contributed by atoms with Gasteiger partial charge >= 0.3 is 0 Å². The third kappa shape index (κ3) is 4.53. The number of rotatable bonds is 5. The third-order valence-electron chi connectivity index (χ3n) is 3.89. The zero-order valence-electron chi connectivity index (χ0n) is 14.1. The minimum absolute atomic E-state index is 0.0140. The van der Waals surface area contributed by atoms with Gasteiger partial charge in [-0.15, -0.1) is 11.3 Å². The molecule has 26 heavy (non-hydrogen) atoms. The van der Waals surface area contributed by atoms with Crippen molar-refractivity contribution in [2.75, 3.05) is 31.0 Å². The molecule has 1 aromatic heterocycles. The van der Waals surface area contributed by atoms with E-state index in [1.54, 1.807) is 17.9 Å². The van der Waals surface area contributed by atoms with Gasteiger partial charge in [-0.1, -0.05) is 11.6 Å². The van der Waals surface area contributed by atoms with Gasteiger partial charge in [-0.25, -0.2) is 13.4 Å². The Morgan fingerprint density at radius 3 is 2.81 bits per heavy atom. The van der Waals surface area contributed by atoms with Crippen molar-refractivity contribution >= 4 is 44.0 Å². The molecule has 0 atom stereocenters. The van der Waals surface area contributed by atoms with E-state index < -0.39 is 10.0 Å². The summed E-state index contributed by atoms with van der Waals surface area (Å²) in [5, 5.41) is 0.698. The summed E-state index contributed by atoms with van der Waals surface area (Å²) in [7, 11) is -3.77. The summed E-state index contributed by atoms with van der Waals surface area (Å²) in [4.78, 5) is 18.9. The minimum atomic E-state index is -3.77. The van der Waals surface area contributed by atoms with Crippen molar-refractivity contribution in [2.24, 2.45) is 0 Å². The van der Waals surface area contributed by atoms with Gasteiger partial charge in [0.05, 0.1) is 24.5 Å². The molecule has 0 spiro atoms. The van der Waals surface area contributed by atoms with E-state index in [0.717, 1.165) is 11.3 Å². The van der Waals surface area contributed by atoms with Crippen LogP contribution in [0.25, 0.3) is 0 Å².